The molecule has 0 saturated carbocycles. The van der Waals surface area contributed by atoms with Crippen molar-refractivity contribution >= 4 is 0 Å². The van der Waals surface area contributed by atoms with Crippen LogP contribution >= 0.6 is 0 Å². The molecule has 1 rings (SSSR count). The zero-order chi connectivity index (χ0) is 11.3. The maximum Gasteiger partial charge on any atom is 0.118 e. The Morgan fingerprint density at radius 3 is 2.27 bits per heavy atom. The lowest BCUT2D eigenvalue weighted by Gasteiger charge is -2.17. The number of rotatable bonds is 5. The lowest BCUT2D eigenvalue weighted by molar-refractivity contribution is 0.0810. The fourth-order valence-corrected chi connectivity index (χ4v) is 1.45. The molecule has 1 aromatic carbocycles. The predicted molar refractivity (Wildman–Crippen MR) is 59.0 cm³/mol. The van der Waals surface area contributed by atoms with E-state index in [1.165, 1.54) is 0 Å². The lowest BCUT2D eigenvalue weighted by atomic mass is 9.96. The highest BCUT2D eigenvalue weighted by Gasteiger charge is 2.14. The Labute approximate surface area is 90.3 Å². The molecule has 0 amide bonds. The molecular formula is C12H18O3. The Bertz CT molecular complexity index is 279. The van der Waals surface area contributed by atoms with Crippen molar-refractivity contribution in [3.63, 3.8) is 0 Å². The highest BCUT2D eigenvalue weighted by atomic mass is 16.5. The molecule has 0 bridgehead atoms. The number of hydrogen-bond acceptors (Lipinski definition) is 3. The summed E-state index contributed by atoms with van der Waals surface area (Å²) in [5, 5.41) is 18.5. The summed E-state index contributed by atoms with van der Waals surface area (Å²) < 4.78 is 5.05. The van der Waals surface area contributed by atoms with Crippen LogP contribution in [-0.2, 0) is 6.42 Å². The van der Waals surface area contributed by atoms with E-state index < -0.39 is 6.10 Å². The Hall–Kier alpha value is -1.06. The third-order valence-electron chi connectivity index (χ3n) is 2.57. The van der Waals surface area contributed by atoms with Crippen LogP contribution in [0.3, 0.4) is 0 Å². The highest BCUT2D eigenvalue weighted by molar-refractivity contribution is 5.27. The molecule has 0 aliphatic heterocycles. The standard InChI is InChI=1S/C12H18O3/c1-9(14)11(8-13)7-10-3-5-12(15-2)6-4-10/h3-6,9,11,13-14H,7-8H2,1-2H3. The smallest absolute Gasteiger partial charge is 0.118 e. The third kappa shape index (κ3) is 3.53. The van der Waals surface area contributed by atoms with Crippen molar-refractivity contribution < 1.29 is 14.9 Å². The number of hydrogen-bond donors (Lipinski definition) is 2. The van der Waals surface area contributed by atoms with E-state index in [1.54, 1.807) is 14.0 Å². The van der Waals surface area contributed by atoms with Gasteiger partial charge >= 0.3 is 0 Å². The van der Waals surface area contributed by atoms with Crippen molar-refractivity contribution in [1.29, 1.82) is 0 Å². The first-order valence-electron chi connectivity index (χ1n) is 5.09. The van der Waals surface area contributed by atoms with Crippen molar-refractivity contribution in [3.8, 4) is 5.75 Å². The molecule has 0 aliphatic rings. The second kappa shape index (κ2) is 5.73. The van der Waals surface area contributed by atoms with E-state index in [0.717, 1.165) is 11.3 Å². The van der Waals surface area contributed by atoms with Gasteiger partial charge in [0.05, 0.1) is 13.2 Å². The van der Waals surface area contributed by atoms with Gasteiger partial charge in [-0.15, -0.1) is 0 Å². The van der Waals surface area contributed by atoms with E-state index in [4.69, 9.17) is 9.84 Å². The third-order valence-corrected chi connectivity index (χ3v) is 2.57. The van der Waals surface area contributed by atoms with E-state index in [2.05, 4.69) is 0 Å². The molecule has 0 aliphatic carbocycles. The Morgan fingerprint density at radius 2 is 1.87 bits per heavy atom. The topological polar surface area (TPSA) is 49.7 Å². The molecule has 1 aromatic rings. The van der Waals surface area contributed by atoms with Crippen LogP contribution in [0, 0.1) is 5.92 Å². The first-order chi connectivity index (χ1) is 7.17. The molecule has 84 valence electrons. The highest BCUT2D eigenvalue weighted by Crippen LogP contribution is 2.16. The van der Waals surface area contributed by atoms with Crippen LogP contribution < -0.4 is 4.74 Å². The van der Waals surface area contributed by atoms with Gasteiger partial charge in [-0.2, -0.15) is 0 Å². The molecule has 2 unspecified atom stereocenters. The van der Waals surface area contributed by atoms with Crippen LogP contribution in [0.25, 0.3) is 0 Å². The SMILES string of the molecule is COc1ccc(CC(CO)C(C)O)cc1. The van der Waals surface area contributed by atoms with Gasteiger partial charge in [0.2, 0.25) is 0 Å². The Kier molecular flexibility index (Phi) is 4.59. The van der Waals surface area contributed by atoms with Gasteiger partial charge in [-0.25, -0.2) is 0 Å². The molecule has 2 N–H and O–H groups in total. The van der Waals surface area contributed by atoms with Crippen molar-refractivity contribution in [3.05, 3.63) is 29.8 Å². The molecule has 0 heterocycles. The van der Waals surface area contributed by atoms with Crippen LogP contribution in [0.15, 0.2) is 24.3 Å². The molecule has 0 aromatic heterocycles. The summed E-state index contributed by atoms with van der Waals surface area (Å²) in [7, 11) is 1.63. The minimum atomic E-state index is -0.489. The second-order valence-corrected chi connectivity index (χ2v) is 3.74. The van der Waals surface area contributed by atoms with Crippen LogP contribution in [0.1, 0.15) is 12.5 Å². The summed E-state index contributed by atoms with van der Waals surface area (Å²) >= 11 is 0. The van der Waals surface area contributed by atoms with Crippen molar-refractivity contribution in [2.24, 2.45) is 5.92 Å². The zero-order valence-corrected chi connectivity index (χ0v) is 9.18. The summed E-state index contributed by atoms with van der Waals surface area (Å²) in [5.41, 5.74) is 1.09. The van der Waals surface area contributed by atoms with E-state index in [-0.39, 0.29) is 12.5 Å². The molecule has 0 spiro atoms. The summed E-state index contributed by atoms with van der Waals surface area (Å²) in [4.78, 5) is 0. The van der Waals surface area contributed by atoms with Crippen molar-refractivity contribution in [2.75, 3.05) is 13.7 Å². The van der Waals surface area contributed by atoms with Gasteiger partial charge in [0.15, 0.2) is 0 Å². The molecule has 0 radical (unpaired) electrons. The summed E-state index contributed by atoms with van der Waals surface area (Å²) in [6.45, 7) is 1.70. The first kappa shape index (κ1) is 12.0. The van der Waals surface area contributed by atoms with Gasteiger partial charge in [-0.3, -0.25) is 0 Å². The number of ether oxygens (including phenoxy) is 1. The van der Waals surface area contributed by atoms with Gasteiger partial charge in [0, 0.05) is 12.5 Å². The zero-order valence-electron chi connectivity index (χ0n) is 9.18. The molecule has 0 saturated heterocycles. The van der Waals surface area contributed by atoms with E-state index in [0.29, 0.717) is 6.42 Å². The quantitative estimate of drug-likeness (QED) is 0.768. The molecule has 2 atom stereocenters. The summed E-state index contributed by atoms with van der Waals surface area (Å²) in [6.07, 6.45) is 0.190. The molecular weight excluding hydrogens is 192 g/mol. The number of benzene rings is 1. The van der Waals surface area contributed by atoms with Crippen LogP contribution in [-0.4, -0.2) is 30.0 Å². The Balaban J connectivity index is 2.63. The van der Waals surface area contributed by atoms with Gasteiger partial charge < -0.3 is 14.9 Å². The van der Waals surface area contributed by atoms with Gasteiger partial charge in [0.25, 0.3) is 0 Å². The lowest BCUT2D eigenvalue weighted by Crippen LogP contribution is -2.22. The number of aliphatic hydroxyl groups is 2. The minimum Gasteiger partial charge on any atom is -0.497 e. The van der Waals surface area contributed by atoms with Gasteiger partial charge in [-0.1, -0.05) is 12.1 Å². The molecule has 15 heavy (non-hydrogen) atoms. The van der Waals surface area contributed by atoms with E-state index >= 15 is 0 Å². The molecule has 0 fully saturated rings. The number of aliphatic hydroxyl groups excluding tert-OH is 2. The first-order valence-corrected chi connectivity index (χ1v) is 5.09. The largest absolute Gasteiger partial charge is 0.497 e. The molecule has 3 nitrogen and oxygen atoms in total. The average molecular weight is 210 g/mol. The normalized spacial score (nSPS) is 14.7. The maximum absolute atomic E-state index is 9.39. The van der Waals surface area contributed by atoms with Crippen molar-refractivity contribution in [2.45, 2.75) is 19.4 Å². The fraction of sp³-hybridized carbons (Fsp3) is 0.500. The summed E-state index contributed by atoms with van der Waals surface area (Å²) in [5.74, 6) is 0.717. The number of methoxy groups -OCH3 is 1. The van der Waals surface area contributed by atoms with Gasteiger partial charge in [-0.05, 0) is 31.0 Å². The summed E-state index contributed by atoms with van der Waals surface area (Å²) in [6, 6.07) is 7.66. The maximum atomic E-state index is 9.39. The second-order valence-electron chi connectivity index (χ2n) is 3.74. The molecule has 3 heteroatoms. The fourth-order valence-electron chi connectivity index (χ4n) is 1.45. The monoisotopic (exact) mass is 210 g/mol. The van der Waals surface area contributed by atoms with Crippen LogP contribution in [0.2, 0.25) is 0 Å². The van der Waals surface area contributed by atoms with Crippen LogP contribution in [0.5, 0.6) is 5.75 Å². The van der Waals surface area contributed by atoms with E-state index in [1.807, 2.05) is 24.3 Å². The predicted octanol–water partition coefficient (Wildman–Crippen LogP) is 1.23. The average Bonchev–Trinajstić information content (AvgIpc) is 2.26. The van der Waals surface area contributed by atoms with Crippen molar-refractivity contribution in [1.82, 2.24) is 0 Å². The van der Waals surface area contributed by atoms with E-state index in [9.17, 15) is 5.11 Å². The van der Waals surface area contributed by atoms with Gasteiger partial charge in [0.1, 0.15) is 5.75 Å². The minimum absolute atomic E-state index is 0.00367. The van der Waals surface area contributed by atoms with Crippen LogP contribution in [0.4, 0.5) is 0 Å². The Morgan fingerprint density at radius 1 is 1.27 bits per heavy atom.